The largest absolute Gasteiger partial charge is 0.427 e. The lowest BCUT2D eigenvalue weighted by molar-refractivity contribution is 0.333. The summed E-state index contributed by atoms with van der Waals surface area (Å²) in [5.74, 6) is 0. The van der Waals surface area contributed by atoms with Crippen LogP contribution in [-0.4, -0.2) is 28.0 Å². The van der Waals surface area contributed by atoms with Crippen LogP contribution in [0, 0.1) is 7.14 Å². The number of halogens is 2. The summed E-state index contributed by atoms with van der Waals surface area (Å²) in [5.41, 5.74) is 0. The first-order valence-corrected chi connectivity index (χ1v) is 17.5. The van der Waals surface area contributed by atoms with Gasteiger partial charge in [-0.25, -0.2) is 0 Å². The molecule has 0 radical (unpaired) electrons. The lowest BCUT2D eigenvalue weighted by Gasteiger charge is -2.29. The molecular weight excluding hydrogens is 654 g/mol. The Hall–Kier alpha value is -0.786. The molecule has 32 heavy (non-hydrogen) atoms. The molecule has 172 valence electrons. The van der Waals surface area contributed by atoms with Crippen molar-refractivity contribution in [3.05, 3.63) is 106 Å². The van der Waals surface area contributed by atoms with Crippen molar-refractivity contribution in [2.24, 2.45) is 0 Å². The first-order chi connectivity index (χ1) is 15.3. The third kappa shape index (κ3) is 8.87. The maximum Gasteiger partial charge on any atom is 0.231 e. The highest BCUT2D eigenvalue weighted by Crippen LogP contribution is 2.20. The SMILES string of the molecule is C=CC[Si](CC=C)(OCC)c1ccc(I)cc1.C=CC[Si](O)(CC=C)c1ccc(I)cc1. The van der Waals surface area contributed by atoms with Crippen LogP contribution in [0.4, 0.5) is 0 Å². The van der Waals surface area contributed by atoms with E-state index in [0.717, 1.165) is 23.9 Å². The zero-order valence-electron chi connectivity index (χ0n) is 18.9. The smallest absolute Gasteiger partial charge is 0.231 e. The van der Waals surface area contributed by atoms with E-state index in [9.17, 15) is 4.80 Å². The second-order valence-electron chi connectivity index (χ2n) is 7.44. The summed E-state index contributed by atoms with van der Waals surface area (Å²) in [6.07, 6.45) is 7.55. The lowest BCUT2D eigenvalue weighted by Crippen LogP contribution is -2.50. The fourth-order valence-electron chi connectivity index (χ4n) is 3.57. The second kappa shape index (κ2) is 15.2. The van der Waals surface area contributed by atoms with Gasteiger partial charge in [-0.05, 0) is 111 Å². The third-order valence-corrected chi connectivity index (χ3v) is 14.0. The highest BCUT2D eigenvalue weighted by atomic mass is 127. The molecule has 2 aromatic rings. The molecule has 0 heterocycles. The van der Waals surface area contributed by atoms with Crippen molar-refractivity contribution in [3.63, 3.8) is 0 Å². The van der Waals surface area contributed by atoms with Crippen LogP contribution in [0.25, 0.3) is 0 Å². The van der Waals surface area contributed by atoms with Gasteiger partial charge in [0.2, 0.25) is 16.6 Å². The minimum absolute atomic E-state index is 0.680. The molecule has 0 bridgehead atoms. The van der Waals surface area contributed by atoms with Gasteiger partial charge in [-0.2, -0.15) is 0 Å². The van der Waals surface area contributed by atoms with Gasteiger partial charge < -0.3 is 9.22 Å². The monoisotopic (exact) mass is 688 g/mol. The first-order valence-electron chi connectivity index (χ1n) is 10.6. The Balaban J connectivity index is 0.000000323. The van der Waals surface area contributed by atoms with Gasteiger partial charge in [0.25, 0.3) is 0 Å². The summed E-state index contributed by atoms with van der Waals surface area (Å²) in [6.45, 7) is 18.0. The number of hydrogen-bond acceptors (Lipinski definition) is 2. The molecule has 2 rings (SSSR count). The second-order valence-corrected chi connectivity index (χ2v) is 17.1. The summed E-state index contributed by atoms with van der Waals surface area (Å²) >= 11 is 4.58. The van der Waals surface area contributed by atoms with Crippen LogP contribution in [-0.2, 0) is 4.43 Å². The average molecular weight is 689 g/mol. The maximum absolute atomic E-state index is 10.6. The van der Waals surface area contributed by atoms with E-state index in [4.69, 9.17) is 4.43 Å². The predicted molar refractivity (Wildman–Crippen MR) is 163 cm³/mol. The average Bonchev–Trinajstić information content (AvgIpc) is 2.76. The van der Waals surface area contributed by atoms with Crippen LogP contribution >= 0.6 is 45.2 Å². The van der Waals surface area contributed by atoms with Gasteiger partial charge in [-0.1, -0.05) is 48.6 Å². The van der Waals surface area contributed by atoms with Gasteiger partial charge in [-0.15, -0.1) is 26.3 Å². The molecule has 0 saturated heterocycles. The van der Waals surface area contributed by atoms with E-state index in [-0.39, 0.29) is 0 Å². The van der Waals surface area contributed by atoms with Gasteiger partial charge in [0.05, 0.1) is 0 Å². The lowest BCUT2D eigenvalue weighted by atomic mass is 10.4. The Bertz CT molecular complexity index is 844. The molecule has 0 spiro atoms. The third-order valence-electron chi connectivity index (χ3n) is 5.08. The van der Waals surface area contributed by atoms with E-state index in [0.29, 0.717) is 12.1 Å². The molecule has 0 aliphatic heterocycles. The van der Waals surface area contributed by atoms with Crippen LogP contribution < -0.4 is 10.4 Å². The first kappa shape index (κ1) is 29.2. The highest BCUT2D eigenvalue weighted by molar-refractivity contribution is 14.1. The van der Waals surface area contributed by atoms with Crippen molar-refractivity contribution in [1.29, 1.82) is 0 Å². The molecule has 0 aliphatic carbocycles. The van der Waals surface area contributed by atoms with Crippen LogP contribution in [0.15, 0.2) is 99.2 Å². The molecule has 0 unspecified atom stereocenters. The quantitative estimate of drug-likeness (QED) is 0.154. The van der Waals surface area contributed by atoms with Crippen LogP contribution in [0.1, 0.15) is 6.92 Å². The number of benzene rings is 2. The minimum atomic E-state index is -2.39. The standard InChI is InChI=1S/C14H19IOSi.C12H15IOSi/c1-4-11-17(12-5-2,16-6-3)14-9-7-13(15)8-10-14;1-3-9-15(14,10-4-2)12-7-5-11(13)6-8-12/h4-5,7-10H,1-2,6,11-12H2,3H3;3-8,14H,1-2,9-10H2. The summed E-state index contributed by atoms with van der Waals surface area (Å²) in [7, 11) is -4.32. The number of hydrogen-bond donors (Lipinski definition) is 1. The Kier molecular flexibility index (Phi) is 13.9. The molecule has 0 atom stereocenters. The summed E-state index contributed by atoms with van der Waals surface area (Å²) in [5, 5.41) is 2.39. The predicted octanol–water partition coefficient (Wildman–Crippen LogP) is 6.66. The zero-order chi connectivity index (χ0) is 24.0. The molecule has 0 amide bonds. The van der Waals surface area contributed by atoms with E-state index < -0.39 is 16.6 Å². The van der Waals surface area contributed by atoms with E-state index in [2.05, 4.69) is 103 Å². The van der Waals surface area contributed by atoms with E-state index in [1.54, 1.807) is 12.2 Å². The molecule has 2 nitrogen and oxygen atoms in total. The van der Waals surface area contributed by atoms with Crippen LogP contribution in [0.5, 0.6) is 0 Å². The Morgan fingerprint density at radius 1 is 0.719 bits per heavy atom. The van der Waals surface area contributed by atoms with E-state index in [1.165, 1.54) is 12.3 Å². The molecule has 0 aliphatic rings. The molecule has 0 fully saturated rings. The summed E-state index contributed by atoms with van der Waals surface area (Å²) < 4.78 is 8.57. The van der Waals surface area contributed by atoms with Crippen molar-refractivity contribution in [3.8, 4) is 0 Å². The fourth-order valence-corrected chi connectivity index (χ4v) is 9.97. The Morgan fingerprint density at radius 2 is 1.09 bits per heavy atom. The van der Waals surface area contributed by atoms with Gasteiger partial charge in [-0.3, -0.25) is 0 Å². The molecule has 1 N–H and O–H groups in total. The molecule has 0 aromatic heterocycles. The Morgan fingerprint density at radius 3 is 1.44 bits per heavy atom. The number of rotatable bonds is 12. The van der Waals surface area contributed by atoms with Crippen LogP contribution in [0.3, 0.4) is 0 Å². The van der Waals surface area contributed by atoms with Crippen molar-refractivity contribution in [1.82, 2.24) is 0 Å². The maximum atomic E-state index is 10.6. The van der Waals surface area contributed by atoms with Crippen molar-refractivity contribution in [2.45, 2.75) is 31.1 Å². The molecule has 2 aromatic carbocycles. The zero-order valence-corrected chi connectivity index (χ0v) is 25.2. The highest BCUT2D eigenvalue weighted by Gasteiger charge is 2.34. The molecule has 0 saturated carbocycles. The fraction of sp³-hybridized carbons (Fsp3) is 0.231. The minimum Gasteiger partial charge on any atom is -0.427 e. The van der Waals surface area contributed by atoms with Gasteiger partial charge in [0.1, 0.15) is 0 Å². The van der Waals surface area contributed by atoms with Gasteiger partial charge >= 0.3 is 0 Å². The number of allylic oxidation sites excluding steroid dienone is 4. The summed E-state index contributed by atoms with van der Waals surface area (Å²) in [4.78, 5) is 10.6. The van der Waals surface area contributed by atoms with Crippen molar-refractivity contribution >= 4 is 72.2 Å². The molecular formula is C26H34I2O2Si2. The Labute approximate surface area is 223 Å². The van der Waals surface area contributed by atoms with Crippen LogP contribution in [0.2, 0.25) is 24.2 Å². The van der Waals surface area contributed by atoms with Crippen molar-refractivity contribution < 1.29 is 9.22 Å². The van der Waals surface area contributed by atoms with Gasteiger partial charge in [0.15, 0.2) is 0 Å². The molecule has 6 heteroatoms. The normalized spacial score (nSPS) is 11.1. The topological polar surface area (TPSA) is 29.5 Å². The van der Waals surface area contributed by atoms with E-state index >= 15 is 0 Å². The van der Waals surface area contributed by atoms with Gasteiger partial charge in [0, 0.05) is 13.7 Å². The summed E-state index contributed by atoms with van der Waals surface area (Å²) in [6, 6.07) is 20.0. The van der Waals surface area contributed by atoms with Crippen molar-refractivity contribution in [2.75, 3.05) is 6.61 Å². The van der Waals surface area contributed by atoms with E-state index in [1.807, 2.05) is 36.4 Å².